The second-order valence-corrected chi connectivity index (χ2v) is 2.26. The Morgan fingerprint density at radius 1 is 1.64 bits per heavy atom. The number of carbonyl (C=O) groups is 1. The van der Waals surface area contributed by atoms with Crippen molar-refractivity contribution in [2.45, 2.75) is 18.9 Å². The highest BCUT2D eigenvalue weighted by atomic mass is 16.4. The minimum atomic E-state index is -0.956. The Kier molecular flexibility index (Phi) is 5.42. The SMILES string of the molecule is N[C@@H](CO)CC/C=C/C(=O)O. The van der Waals surface area contributed by atoms with Crippen LogP contribution in [0.15, 0.2) is 12.2 Å². The fourth-order valence-corrected chi connectivity index (χ4v) is 0.586. The highest BCUT2D eigenvalue weighted by Crippen LogP contribution is 1.94. The van der Waals surface area contributed by atoms with Crippen LogP contribution in [0.1, 0.15) is 12.8 Å². The minimum absolute atomic E-state index is 0.0547. The van der Waals surface area contributed by atoms with E-state index in [0.29, 0.717) is 12.8 Å². The van der Waals surface area contributed by atoms with Crippen LogP contribution in [0.2, 0.25) is 0 Å². The third-order valence-corrected chi connectivity index (χ3v) is 1.20. The number of carboxylic acid groups (broad SMARTS) is 1. The summed E-state index contributed by atoms with van der Waals surface area (Å²) < 4.78 is 0. The molecule has 0 aliphatic carbocycles. The van der Waals surface area contributed by atoms with Gasteiger partial charge in [-0.05, 0) is 12.8 Å². The molecule has 0 aliphatic heterocycles. The number of hydrogen-bond donors (Lipinski definition) is 3. The molecule has 0 rings (SSSR count). The van der Waals surface area contributed by atoms with Gasteiger partial charge in [-0.25, -0.2) is 4.79 Å². The second-order valence-electron chi connectivity index (χ2n) is 2.26. The Hall–Kier alpha value is -0.870. The predicted octanol–water partition coefficient (Wildman–Crippen LogP) is -0.273. The van der Waals surface area contributed by atoms with Crippen LogP contribution in [0.25, 0.3) is 0 Å². The largest absolute Gasteiger partial charge is 0.478 e. The van der Waals surface area contributed by atoms with Crippen LogP contribution in [0, 0.1) is 0 Å². The molecule has 0 unspecified atom stereocenters. The van der Waals surface area contributed by atoms with Gasteiger partial charge in [0, 0.05) is 12.1 Å². The van der Waals surface area contributed by atoms with E-state index in [1.807, 2.05) is 0 Å². The van der Waals surface area contributed by atoms with E-state index in [0.717, 1.165) is 6.08 Å². The molecule has 4 heteroatoms. The van der Waals surface area contributed by atoms with E-state index < -0.39 is 5.97 Å². The fourth-order valence-electron chi connectivity index (χ4n) is 0.586. The van der Waals surface area contributed by atoms with Crippen LogP contribution in [0.3, 0.4) is 0 Å². The first-order chi connectivity index (χ1) is 5.16. The van der Waals surface area contributed by atoms with Gasteiger partial charge in [-0.15, -0.1) is 0 Å². The van der Waals surface area contributed by atoms with Crippen molar-refractivity contribution in [3.8, 4) is 0 Å². The van der Waals surface area contributed by atoms with Crippen LogP contribution < -0.4 is 5.73 Å². The van der Waals surface area contributed by atoms with Crippen molar-refractivity contribution in [1.82, 2.24) is 0 Å². The lowest BCUT2D eigenvalue weighted by atomic mass is 10.2. The molecular formula is C7H13NO3. The van der Waals surface area contributed by atoms with Crippen LogP contribution in [0.5, 0.6) is 0 Å². The maximum atomic E-state index is 9.95. The molecule has 0 aliphatic rings. The molecule has 4 N–H and O–H groups in total. The molecule has 0 bridgehead atoms. The number of rotatable bonds is 5. The van der Waals surface area contributed by atoms with Gasteiger partial charge in [0.2, 0.25) is 0 Å². The maximum Gasteiger partial charge on any atom is 0.327 e. The van der Waals surface area contributed by atoms with Crippen molar-refractivity contribution >= 4 is 5.97 Å². The smallest absolute Gasteiger partial charge is 0.327 e. The number of hydrogen-bond acceptors (Lipinski definition) is 3. The lowest BCUT2D eigenvalue weighted by Gasteiger charge is -2.03. The highest BCUT2D eigenvalue weighted by Gasteiger charge is 1.96. The summed E-state index contributed by atoms with van der Waals surface area (Å²) >= 11 is 0. The third kappa shape index (κ3) is 7.02. The summed E-state index contributed by atoms with van der Waals surface area (Å²) in [6.45, 7) is -0.0547. The molecule has 0 saturated heterocycles. The quantitative estimate of drug-likeness (QED) is 0.482. The van der Waals surface area contributed by atoms with Crippen LogP contribution >= 0.6 is 0 Å². The Morgan fingerprint density at radius 2 is 2.27 bits per heavy atom. The Morgan fingerprint density at radius 3 is 2.73 bits per heavy atom. The summed E-state index contributed by atoms with van der Waals surface area (Å²) in [5.74, 6) is -0.956. The average molecular weight is 159 g/mol. The van der Waals surface area contributed by atoms with Gasteiger partial charge in [-0.3, -0.25) is 0 Å². The maximum absolute atomic E-state index is 9.95. The summed E-state index contributed by atoms with van der Waals surface area (Å²) in [6.07, 6.45) is 3.80. The van der Waals surface area contributed by atoms with Gasteiger partial charge in [0.05, 0.1) is 6.61 Å². The molecule has 1 atom stereocenters. The first-order valence-corrected chi connectivity index (χ1v) is 3.42. The van der Waals surface area contributed by atoms with Crippen molar-refractivity contribution < 1.29 is 15.0 Å². The lowest BCUT2D eigenvalue weighted by molar-refractivity contribution is -0.131. The van der Waals surface area contributed by atoms with Gasteiger partial charge in [-0.1, -0.05) is 6.08 Å². The van der Waals surface area contributed by atoms with Crippen LogP contribution in [0.4, 0.5) is 0 Å². The molecule has 11 heavy (non-hydrogen) atoms. The summed E-state index contributed by atoms with van der Waals surface area (Å²) in [7, 11) is 0. The molecule has 0 fully saturated rings. The standard InChI is InChI=1S/C7H13NO3/c8-6(5-9)3-1-2-4-7(10)11/h2,4,6,9H,1,3,5,8H2,(H,10,11)/b4-2+/t6-/m1/s1. The van der Waals surface area contributed by atoms with Gasteiger partial charge < -0.3 is 15.9 Å². The molecular weight excluding hydrogens is 146 g/mol. The van der Waals surface area contributed by atoms with Gasteiger partial charge in [0.25, 0.3) is 0 Å². The topological polar surface area (TPSA) is 83.5 Å². The zero-order chi connectivity index (χ0) is 8.69. The molecule has 0 aromatic rings. The van der Waals surface area contributed by atoms with E-state index >= 15 is 0 Å². The van der Waals surface area contributed by atoms with Crippen molar-refractivity contribution in [2.24, 2.45) is 5.73 Å². The Balaban J connectivity index is 3.33. The van der Waals surface area contributed by atoms with Crippen molar-refractivity contribution in [2.75, 3.05) is 6.61 Å². The summed E-state index contributed by atoms with van der Waals surface area (Å²) in [5.41, 5.74) is 5.36. The number of nitrogens with two attached hydrogens (primary N) is 1. The Labute approximate surface area is 65.3 Å². The number of allylic oxidation sites excluding steroid dienone is 1. The third-order valence-electron chi connectivity index (χ3n) is 1.20. The molecule has 0 radical (unpaired) electrons. The normalized spacial score (nSPS) is 13.6. The highest BCUT2D eigenvalue weighted by molar-refractivity contribution is 5.79. The zero-order valence-electron chi connectivity index (χ0n) is 6.23. The molecule has 0 aromatic heterocycles. The van der Waals surface area contributed by atoms with E-state index in [2.05, 4.69) is 0 Å². The van der Waals surface area contributed by atoms with Gasteiger partial charge in [-0.2, -0.15) is 0 Å². The van der Waals surface area contributed by atoms with Gasteiger partial charge >= 0.3 is 5.97 Å². The zero-order valence-corrected chi connectivity index (χ0v) is 6.23. The van der Waals surface area contributed by atoms with Crippen molar-refractivity contribution in [3.05, 3.63) is 12.2 Å². The fraction of sp³-hybridized carbons (Fsp3) is 0.571. The monoisotopic (exact) mass is 159 g/mol. The average Bonchev–Trinajstić information content (AvgIpc) is 1.97. The first-order valence-electron chi connectivity index (χ1n) is 3.42. The Bertz CT molecular complexity index is 145. The number of aliphatic hydroxyl groups is 1. The lowest BCUT2D eigenvalue weighted by Crippen LogP contribution is -2.23. The minimum Gasteiger partial charge on any atom is -0.478 e. The van der Waals surface area contributed by atoms with Crippen LogP contribution in [-0.2, 0) is 4.79 Å². The second kappa shape index (κ2) is 5.88. The molecule has 0 spiro atoms. The summed E-state index contributed by atoms with van der Waals surface area (Å²) in [6, 6.07) is -0.242. The molecule has 64 valence electrons. The first kappa shape index (κ1) is 10.1. The van der Waals surface area contributed by atoms with Crippen molar-refractivity contribution in [3.63, 3.8) is 0 Å². The van der Waals surface area contributed by atoms with E-state index in [1.165, 1.54) is 6.08 Å². The molecule has 0 heterocycles. The molecule has 0 amide bonds. The molecule has 0 saturated carbocycles. The molecule has 4 nitrogen and oxygen atoms in total. The number of carboxylic acids is 1. The molecule has 0 aromatic carbocycles. The van der Waals surface area contributed by atoms with E-state index in [4.69, 9.17) is 15.9 Å². The number of aliphatic hydroxyl groups excluding tert-OH is 1. The van der Waals surface area contributed by atoms with E-state index in [-0.39, 0.29) is 12.6 Å². The predicted molar refractivity (Wildman–Crippen MR) is 41.1 cm³/mol. The number of aliphatic carboxylic acids is 1. The van der Waals surface area contributed by atoms with E-state index in [1.54, 1.807) is 0 Å². The van der Waals surface area contributed by atoms with Crippen molar-refractivity contribution in [1.29, 1.82) is 0 Å². The van der Waals surface area contributed by atoms with Crippen LogP contribution in [-0.4, -0.2) is 28.8 Å². The summed E-state index contributed by atoms with van der Waals surface area (Å²) in [4.78, 5) is 9.95. The summed E-state index contributed by atoms with van der Waals surface area (Å²) in [5, 5.41) is 16.6. The van der Waals surface area contributed by atoms with Gasteiger partial charge in [0.15, 0.2) is 0 Å². The van der Waals surface area contributed by atoms with Gasteiger partial charge in [0.1, 0.15) is 0 Å². The van der Waals surface area contributed by atoms with E-state index in [9.17, 15) is 4.79 Å².